The van der Waals surface area contributed by atoms with E-state index in [1.807, 2.05) is 0 Å². The molecule has 1 atom stereocenters. The van der Waals surface area contributed by atoms with Gasteiger partial charge in [-0.2, -0.15) is 0 Å². The van der Waals surface area contributed by atoms with Gasteiger partial charge in [-0.05, 0) is 31.5 Å². The van der Waals surface area contributed by atoms with E-state index in [0.29, 0.717) is 5.56 Å². The van der Waals surface area contributed by atoms with E-state index in [1.165, 1.54) is 38.2 Å². The van der Waals surface area contributed by atoms with Crippen LogP contribution in [0, 0.1) is 18.7 Å². The first kappa shape index (κ1) is 30.9. The van der Waals surface area contributed by atoms with Gasteiger partial charge >= 0.3 is 17.8 Å². The Kier molecular flexibility index (Phi) is 9.58. The molecule has 220 valence electrons. The average Bonchev–Trinajstić information content (AvgIpc) is 3.36. The molecule has 2 amide bonds. The number of carbonyl (C=O) groups is 3. The van der Waals surface area contributed by atoms with Crippen LogP contribution in [0.3, 0.4) is 0 Å². The number of carbonyl (C=O) groups excluding carboxylic acids is 3. The Morgan fingerprint density at radius 3 is 2.34 bits per heavy atom. The molecule has 14 heteroatoms. The highest BCUT2D eigenvalue weighted by molar-refractivity contribution is 5.95. The molecule has 0 aliphatic heterocycles. The topological polar surface area (TPSA) is 168 Å². The Morgan fingerprint density at radius 2 is 1.78 bits per heavy atom. The van der Waals surface area contributed by atoms with Gasteiger partial charge in [0.2, 0.25) is 17.9 Å². The predicted octanol–water partition coefficient (Wildman–Crippen LogP) is 2.52. The molecule has 3 rings (SSSR count). The monoisotopic (exact) mass is 572 g/mol. The van der Waals surface area contributed by atoms with Crippen LogP contribution in [0.5, 0.6) is 5.75 Å². The molecule has 0 aliphatic carbocycles. The Balaban J connectivity index is 2.03. The lowest BCUT2D eigenvalue weighted by atomic mass is 10.0. The summed E-state index contributed by atoms with van der Waals surface area (Å²) >= 11 is 0. The molecule has 2 heterocycles. The van der Waals surface area contributed by atoms with Gasteiger partial charge in [0.15, 0.2) is 5.69 Å². The minimum Gasteiger partial charge on any atom is -0.446 e. The predicted molar refractivity (Wildman–Crippen MR) is 142 cm³/mol. The molecule has 2 aromatic heterocycles. The molecule has 0 radical (unpaired) electrons. The number of hydrogen-bond donors (Lipinski definition) is 2. The number of aromatic nitrogens is 4. The second kappa shape index (κ2) is 12.7. The molecule has 1 aromatic carbocycles. The maximum atomic E-state index is 13.6. The summed E-state index contributed by atoms with van der Waals surface area (Å²) in [4.78, 5) is 56.4. The van der Waals surface area contributed by atoms with Crippen molar-refractivity contribution in [1.82, 2.24) is 30.4 Å². The largest absolute Gasteiger partial charge is 0.446 e. The standard InChI is InChI=1S/C27H33FN6O7/c1-8-18(41-25(38)14(2)3)40-20-19(21(35)29-13-16-9-11-17(28)12-10-16)30-26(34(7)24(20)37)27(5,6)31-22(36)23-33-32-15(4)39-23/h9-12,14,18H,8,13H2,1-7H3,(H,29,35)(H,31,36). The summed E-state index contributed by atoms with van der Waals surface area (Å²) in [6, 6.07) is 5.48. The van der Waals surface area contributed by atoms with Crippen molar-refractivity contribution in [3.8, 4) is 5.75 Å². The fourth-order valence-electron chi connectivity index (χ4n) is 3.64. The number of rotatable bonds is 11. The highest BCUT2D eigenvalue weighted by Gasteiger charge is 2.34. The number of aryl methyl sites for hydroxylation is 1. The van der Waals surface area contributed by atoms with Gasteiger partial charge in [0.1, 0.15) is 11.6 Å². The lowest BCUT2D eigenvalue weighted by molar-refractivity contribution is -0.168. The normalized spacial score (nSPS) is 12.1. The number of ether oxygens (including phenoxy) is 2. The minimum atomic E-state index is -1.33. The molecule has 1 unspecified atom stereocenters. The summed E-state index contributed by atoms with van der Waals surface area (Å²) < 4.78 is 30.7. The highest BCUT2D eigenvalue weighted by atomic mass is 19.1. The molecule has 0 saturated heterocycles. The zero-order chi connectivity index (χ0) is 30.5. The van der Waals surface area contributed by atoms with Crippen LogP contribution in [0.2, 0.25) is 0 Å². The first-order valence-electron chi connectivity index (χ1n) is 12.9. The molecule has 41 heavy (non-hydrogen) atoms. The Bertz CT molecular complexity index is 1480. The summed E-state index contributed by atoms with van der Waals surface area (Å²) in [6.07, 6.45) is -1.01. The first-order valence-corrected chi connectivity index (χ1v) is 12.9. The lowest BCUT2D eigenvalue weighted by Crippen LogP contribution is -2.46. The Labute approximate surface area is 235 Å². The van der Waals surface area contributed by atoms with E-state index >= 15 is 0 Å². The quantitative estimate of drug-likeness (QED) is 0.257. The third-order valence-corrected chi connectivity index (χ3v) is 5.84. The second-order valence-corrected chi connectivity index (χ2v) is 10.0. The van der Waals surface area contributed by atoms with E-state index < -0.39 is 58.4 Å². The van der Waals surface area contributed by atoms with Crippen molar-refractivity contribution in [2.75, 3.05) is 0 Å². The van der Waals surface area contributed by atoms with Crippen molar-refractivity contribution in [3.05, 3.63) is 69.3 Å². The number of esters is 1. The Hall–Kier alpha value is -4.62. The summed E-state index contributed by atoms with van der Waals surface area (Å²) in [6.45, 7) is 9.61. The maximum absolute atomic E-state index is 13.6. The van der Waals surface area contributed by atoms with Gasteiger partial charge in [-0.1, -0.05) is 32.9 Å². The molecule has 0 aliphatic rings. The van der Waals surface area contributed by atoms with Crippen LogP contribution >= 0.6 is 0 Å². The van der Waals surface area contributed by atoms with Crippen molar-refractivity contribution in [3.63, 3.8) is 0 Å². The fraction of sp³-hybridized carbons (Fsp3) is 0.444. The Morgan fingerprint density at radius 1 is 1.12 bits per heavy atom. The maximum Gasteiger partial charge on any atom is 0.311 e. The summed E-state index contributed by atoms with van der Waals surface area (Å²) in [5.41, 5.74) is -1.91. The van der Waals surface area contributed by atoms with Crippen LogP contribution in [0.15, 0.2) is 33.5 Å². The number of nitrogens with zero attached hydrogens (tertiary/aromatic N) is 4. The van der Waals surface area contributed by atoms with Gasteiger partial charge in [-0.25, -0.2) is 9.37 Å². The third kappa shape index (κ3) is 7.52. The van der Waals surface area contributed by atoms with Gasteiger partial charge < -0.3 is 24.5 Å². The molecule has 13 nitrogen and oxygen atoms in total. The van der Waals surface area contributed by atoms with Crippen LogP contribution in [0.25, 0.3) is 0 Å². The van der Waals surface area contributed by atoms with E-state index in [0.717, 1.165) is 4.57 Å². The number of hydrogen-bond acceptors (Lipinski definition) is 10. The van der Waals surface area contributed by atoms with Gasteiger partial charge in [-0.3, -0.25) is 23.7 Å². The number of benzene rings is 1. The second-order valence-electron chi connectivity index (χ2n) is 10.0. The van der Waals surface area contributed by atoms with E-state index in [4.69, 9.17) is 13.9 Å². The molecule has 2 N–H and O–H groups in total. The highest BCUT2D eigenvalue weighted by Crippen LogP contribution is 2.23. The van der Waals surface area contributed by atoms with Crippen LogP contribution in [-0.4, -0.2) is 43.8 Å². The van der Waals surface area contributed by atoms with Crippen molar-refractivity contribution in [1.29, 1.82) is 0 Å². The molecule has 0 saturated carbocycles. The van der Waals surface area contributed by atoms with Crippen molar-refractivity contribution < 1.29 is 32.7 Å². The molecule has 0 spiro atoms. The van der Waals surface area contributed by atoms with E-state index in [1.54, 1.807) is 34.6 Å². The summed E-state index contributed by atoms with van der Waals surface area (Å²) in [7, 11) is 1.39. The van der Waals surface area contributed by atoms with Gasteiger partial charge in [0.05, 0.1) is 11.5 Å². The lowest BCUT2D eigenvalue weighted by Gasteiger charge is -2.28. The van der Waals surface area contributed by atoms with Crippen molar-refractivity contribution >= 4 is 17.8 Å². The van der Waals surface area contributed by atoms with Crippen LogP contribution < -0.4 is 20.9 Å². The molecular formula is C27H33FN6O7. The molecule has 3 aromatic rings. The smallest absolute Gasteiger partial charge is 0.311 e. The van der Waals surface area contributed by atoms with Crippen LogP contribution in [0.1, 0.15) is 79.5 Å². The number of halogens is 1. The molecular weight excluding hydrogens is 539 g/mol. The van der Waals surface area contributed by atoms with Gasteiger partial charge in [-0.15, -0.1) is 10.2 Å². The van der Waals surface area contributed by atoms with E-state index in [-0.39, 0.29) is 30.6 Å². The average molecular weight is 573 g/mol. The number of nitrogens with one attached hydrogen (secondary N) is 2. The first-order chi connectivity index (χ1) is 19.2. The fourth-order valence-corrected chi connectivity index (χ4v) is 3.64. The van der Waals surface area contributed by atoms with Crippen LogP contribution in [0.4, 0.5) is 4.39 Å². The molecule has 0 bridgehead atoms. The zero-order valence-electron chi connectivity index (χ0n) is 23.9. The van der Waals surface area contributed by atoms with Gasteiger partial charge in [0.25, 0.3) is 11.5 Å². The van der Waals surface area contributed by atoms with Gasteiger partial charge in [0, 0.05) is 26.9 Å². The van der Waals surface area contributed by atoms with Crippen molar-refractivity contribution in [2.45, 2.75) is 66.3 Å². The minimum absolute atomic E-state index is 0.00130. The van der Waals surface area contributed by atoms with Crippen LogP contribution in [-0.2, 0) is 28.7 Å². The summed E-state index contributed by atoms with van der Waals surface area (Å²) in [5.74, 6) is -3.52. The van der Waals surface area contributed by atoms with Crippen molar-refractivity contribution in [2.24, 2.45) is 13.0 Å². The molecule has 0 fully saturated rings. The van der Waals surface area contributed by atoms with E-state index in [9.17, 15) is 23.6 Å². The SMILES string of the molecule is CCC(OC(=O)C(C)C)Oc1c(C(=O)NCc2ccc(F)cc2)nc(C(C)(C)NC(=O)c2nnc(C)o2)n(C)c1=O. The number of amides is 2. The van der Waals surface area contributed by atoms with E-state index in [2.05, 4.69) is 25.8 Å². The summed E-state index contributed by atoms with van der Waals surface area (Å²) in [5, 5.41) is 12.6. The zero-order valence-corrected chi connectivity index (χ0v) is 23.9. The third-order valence-electron chi connectivity index (χ3n) is 5.84.